The standard InChI is InChI=1S/C14H15N3O2S/c1-9-6-16-14(18)17(7-9)8-11-5-10(13(15)20)3-4-12(11)19-2/h3-7H,8H2,1-2H3,(H2,15,20). The monoisotopic (exact) mass is 289 g/mol. The molecule has 0 unspecified atom stereocenters. The molecule has 5 nitrogen and oxygen atoms in total. The summed E-state index contributed by atoms with van der Waals surface area (Å²) in [4.78, 5) is 15.9. The summed E-state index contributed by atoms with van der Waals surface area (Å²) >= 11 is 4.97. The molecule has 2 rings (SSSR count). The molecule has 0 bridgehead atoms. The van der Waals surface area contributed by atoms with Crippen LogP contribution in [0.3, 0.4) is 0 Å². The molecule has 0 radical (unpaired) electrons. The fourth-order valence-corrected chi connectivity index (χ4v) is 2.04. The maximum atomic E-state index is 11.8. The van der Waals surface area contributed by atoms with Crippen LogP contribution in [0.4, 0.5) is 0 Å². The van der Waals surface area contributed by atoms with Gasteiger partial charge in [-0.25, -0.2) is 9.78 Å². The highest BCUT2D eigenvalue weighted by Gasteiger charge is 2.08. The topological polar surface area (TPSA) is 70.1 Å². The van der Waals surface area contributed by atoms with Gasteiger partial charge in [0, 0.05) is 23.5 Å². The predicted molar refractivity (Wildman–Crippen MR) is 81.2 cm³/mol. The van der Waals surface area contributed by atoms with E-state index in [2.05, 4.69) is 4.98 Å². The number of rotatable bonds is 4. The van der Waals surface area contributed by atoms with Crippen molar-refractivity contribution in [2.75, 3.05) is 7.11 Å². The second kappa shape index (κ2) is 5.83. The molecule has 104 valence electrons. The van der Waals surface area contributed by atoms with Crippen LogP contribution >= 0.6 is 12.2 Å². The number of nitrogens with two attached hydrogens (primary N) is 1. The first-order valence-electron chi connectivity index (χ1n) is 6.01. The average molecular weight is 289 g/mol. The van der Waals surface area contributed by atoms with Gasteiger partial charge < -0.3 is 10.5 Å². The highest BCUT2D eigenvalue weighted by atomic mass is 32.1. The van der Waals surface area contributed by atoms with Crippen LogP contribution in [-0.4, -0.2) is 21.6 Å². The largest absolute Gasteiger partial charge is 0.496 e. The molecular weight excluding hydrogens is 274 g/mol. The molecular formula is C14H15N3O2S. The molecule has 2 aromatic rings. The minimum Gasteiger partial charge on any atom is -0.496 e. The van der Waals surface area contributed by atoms with E-state index in [1.54, 1.807) is 31.6 Å². The van der Waals surface area contributed by atoms with Gasteiger partial charge in [0.25, 0.3) is 0 Å². The average Bonchev–Trinajstić information content (AvgIpc) is 2.42. The Hall–Kier alpha value is -2.21. The van der Waals surface area contributed by atoms with Crippen molar-refractivity contribution in [3.63, 3.8) is 0 Å². The van der Waals surface area contributed by atoms with Crippen molar-refractivity contribution >= 4 is 17.2 Å². The van der Waals surface area contributed by atoms with E-state index in [-0.39, 0.29) is 5.69 Å². The Kier molecular flexibility index (Phi) is 4.14. The second-order valence-corrected chi connectivity index (χ2v) is 4.87. The summed E-state index contributed by atoms with van der Waals surface area (Å²) in [5, 5.41) is 0. The lowest BCUT2D eigenvalue weighted by Gasteiger charge is -2.12. The van der Waals surface area contributed by atoms with Crippen LogP contribution in [0.1, 0.15) is 16.7 Å². The van der Waals surface area contributed by atoms with Gasteiger partial charge in [0.1, 0.15) is 10.7 Å². The Morgan fingerprint density at radius 2 is 2.25 bits per heavy atom. The number of aromatic nitrogens is 2. The minimum atomic E-state index is -0.307. The van der Waals surface area contributed by atoms with Gasteiger partial charge in [-0.3, -0.25) is 4.57 Å². The fourth-order valence-electron chi connectivity index (χ4n) is 1.92. The molecule has 6 heteroatoms. The van der Waals surface area contributed by atoms with E-state index in [1.165, 1.54) is 4.57 Å². The Bertz CT molecular complexity index is 710. The smallest absolute Gasteiger partial charge is 0.347 e. The molecule has 20 heavy (non-hydrogen) atoms. The number of methoxy groups -OCH3 is 1. The number of aryl methyl sites for hydroxylation is 1. The van der Waals surface area contributed by atoms with Crippen LogP contribution in [0.5, 0.6) is 5.75 Å². The summed E-state index contributed by atoms with van der Waals surface area (Å²) in [6, 6.07) is 5.41. The summed E-state index contributed by atoms with van der Waals surface area (Å²) in [5.41, 5.74) is 7.80. The summed E-state index contributed by atoms with van der Waals surface area (Å²) in [5.74, 6) is 0.679. The van der Waals surface area contributed by atoms with Gasteiger partial charge in [-0.05, 0) is 30.7 Å². The molecule has 0 fully saturated rings. The molecule has 0 spiro atoms. The van der Waals surface area contributed by atoms with Crippen LogP contribution in [0.15, 0.2) is 35.4 Å². The molecule has 0 atom stereocenters. The molecule has 0 saturated heterocycles. The minimum absolute atomic E-state index is 0.307. The third-order valence-electron chi connectivity index (χ3n) is 2.89. The molecule has 0 amide bonds. The third kappa shape index (κ3) is 3.03. The van der Waals surface area contributed by atoms with Gasteiger partial charge in [-0.2, -0.15) is 0 Å². The molecule has 1 heterocycles. The summed E-state index contributed by atoms with van der Waals surface area (Å²) in [6.07, 6.45) is 3.30. The molecule has 0 aliphatic rings. The van der Waals surface area contributed by atoms with Crippen LogP contribution in [0.2, 0.25) is 0 Å². The van der Waals surface area contributed by atoms with Crippen molar-refractivity contribution in [1.82, 2.24) is 9.55 Å². The number of ether oxygens (including phenoxy) is 1. The van der Waals surface area contributed by atoms with Crippen LogP contribution < -0.4 is 16.2 Å². The lowest BCUT2D eigenvalue weighted by atomic mass is 10.1. The fraction of sp³-hybridized carbons (Fsp3) is 0.214. The maximum Gasteiger partial charge on any atom is 0.347 e. The zero-order valence-electron chi connectivity index (χ0n) is 11.3. The van der Waals surface area contributed by atoms with Crippen molar-refractivity contribution in [3.8, 4) is 5.75 Å². The zero-order chi connectivity index (χ0) is 14.7. The molecule has 0 saturated carbocycles. The highest BCUT2D eigenvalue weighted by Crippen LogP contribution is 2.20. The van der Waals surface area contributed by atoms with E-state index in [9.17, 15) is 4.79 Å². The van der Waals surface area contributed by atoms with E-state index in [1.807, 2.05) is 13.0 Å². The highest BCUT2D eigenvalue weighted by molar-refractivity contribution is 7.80. The van der Waals surface area contributed by atoms with Gasteiger partial charge in [-0.1, -0.05) is 12.2 Å². The third-order valence-corrected chi connectivity index (χ3v) is 3.13. The van der Waals surface area contributed by atoms with Gasteiger partial charge in [0.15, 0.2) is 0 Å². The lowest BCUT2D eigenvalue weighted by molar-refractivity contribution is 0.408. The first-order chi connectivity index (χ1) is 9.51. The van der Waals surface area contributed by atoms with Gasteiger partial charge >= 0.3 is 5.69 Å². The number of benzene rings is 1. The number of nitrogens with zero attached hydrogens (tertiary/aromatic N) is 2. The Morgan fingerprint density at radius 3 is 2.90 bits per heavy atom. The predicted octanol–water partition coefficient (Wildman–Crippen LogP) is 1.24. The van der Waals surface area contributed by atoms with E-state index in [4.69, 9.17) is 22.7 Å². The van der Waals surface area contributed by atoms with Crippen molar-refractivity contribution in [1.29, 1.82) is 0 Å². The van der Waals surface area contributed by atoms with Crippen LogP contribution in [-0.2, 0) is 6.54 Å². The number of thiocarbonyl (C=S) groups is 1. The molecule has 2 N–H and O–H groups in total. The van der Waals surface area contributed by atoms with E-state index >= 15 is 0 Å². The van der Waals surface area contributed by atoms with Gasteiger partial charge in [0.05, 0.1) is 13.7 Å². The Balaban J connectivity index is 2.46. The zero-order valence-corrected chi connectivity index (χ0v) is 12.1. The molecule has 1 aromatic heterocycles. The van der Waals surface area contributed by atoms with Crippen molar-refractivity contribution in [3.05, 3.63) is 57.8 Å². The normalized spacial score (nSPS) is 10.3. The first kappa shape index (κ1) is 14.2. The van der Waals surface area contributed by atoms with Crippen molar-refractivity contribution < 1.29 is 4.74 Å². The quantitative estimate of drug-likeness (QED) is 0.858. The van der Waals surface area contributed by atoms with Gasteiger partial charge in [-0.15, -0.1) is 0 Å². The number of hydrogen-bond acceptors (Lipinski definition) is 4. The number of hydrogen-bond donors (Lipinski definition) is 1. The summed E-state index contributed by atoms with van der Waals surface area (Å²) in [6.45, 7) is 2.23. The van der Waals surface area contributed by atoms with Crippen LogP contribution in [0.25, 0.3) is 0 Å². The molecule has 0 aliphatic heterocycles. The van der Waals surface area contributed by atoms with Crippen molar-refractivity contribution in [2.45, 2.75) is 13.5 Å². The summed E-state index contributed by atoms with van der Waals surface area (Å²) in [7, 11) is 1.58. The van der Waals surface area contributed by atoms with E-state index < -0.39 is 0 Å². The second-order valence-electron chi connectivity index (χ2n) is 4.43. The van der Waals surface area contributed by atoms with Crippen molar-refractivity contribution in [2.24, 2.45) is 5.73 Å². The Labute approximate surface area is 122 Å². The molecule has 1 aromatic carbocycles. The Morgan fingerprint density at radius 1 is 1.50 bits per heavy atom. The van der Waals surface area contributed by atoms with E-state index in [0.29, 0.717) is 17.3 Å². The van der Waals surface area contributed by atoms with Crippen LogP contribution in [0, 0.1) is 6.92 Å². The maximum absolute atomic E-state index is 11.8. The van der Waals surface area contributed by atoms with Gasteiger partial charge in [0.2, 0.25) is 0 Å². The molecule has 0 aliphatic carbocycles. The van der Waals surface area contributed by atoms with E-state index in [0.717, 1.165) is 16.7 Å². The summed E-state index contributed by atoms with van der Waals surface area (Å²) < 4.78 is 6.83. The SMILES string of the molecule is COc1ccc(C(N)=S)cc1Cn1cc(C)cnc1=O. The lowest BCUT2D eigenvalue weighted by Crippen LogP contribution is -2.23. The first-order valence-corrected chi connectivity index (χ1v) is 6.42.